The molecule has 1 N–H and O–H groups in total. The second kappa shape index (κ2) is 5.44. The fourth-order valence-corrected chi connectivity index (χ4v) is 2.51. The van der Waals surface area contributed by atoms with E-state index in [-0.39, 0.29) is 6.10 Å². The van der Waals surface area contributed by atoms with Gasteiger partial charge in [-0.25, -0.2) is 0 Å². The van der Waals surface area contributed by atoms with Crippen LogP contribution in [0.5, 0.6) is 5.75 Å². The number of benzene rings is 1. The molecule has 96 valence electrons. The maximum absolute atomic E-state index is 5.88. The van der Waals surface area contributed by atoms with Gasteiger partial charge in [0.15, 0.2) is 0 Å². The Labute approximate surface area is 108 Å². The summed E-state index contributed by atoms with van der Waals surface area (Å²) in [6, 6.07) is 8.28. The van der Waals surface area contributed by atoms with Gasteiger partial charge >= 0.3 is 0 Å². The van der Waals surface area contributed by atoms with Crippen molar-refractivity contribution in [1.82, 2.24) is 5.32 Å². The van der Waals surface area contributed by atoms with E-state index in [1.807, 2.05) is 18.4 Å². The minimum Gasteiger partial charge on any atom is -0.497 e. The summed E-state index contributed by atoms with van der Waals surface area (Å²) in [5, 5.41) is 3.45. The lowest BCUT2D eigenvalue weighted by molar-refractivity contribution is 0.118. The van der Waals surface area contributed by atoms with Crippen molar-refractivity contribution < 1.29 is 9.47 Å². The molecule has 1 aromatic rings. The highest BCUT2D eigenvalue weighted by Crippen LogP contribution is 2.27. The van der Waals surface area contributed by atoms with E-state index in [2.05, 4.69) is 23.5 Å². The molecule has 0 saturated heterocycles. The minimum atomic E-state index is 0.265. The third kappa shape index (κ3) is 2.67. The molecule has 0 radical (unpaired) electrons. The van der Waals surface area contributed by atoms with Crippen LogP contribution in [0.25, 0.3) is 0 Å². The Kier molecular flexibility index (Phi) is 3.51. The van der Waals surface area contributed by atoms with E-state index < -0.39 is 0 Å². The first-order valence-electron chi connectivity index (χ1n) is 6.67. The molecule has 2 aliphatic rings. The van der Waals surface area contributed by atoms with Gasteiger partial charge in [0, 0.05) is 19.5 Å². The summed E-state index contributed by atoms with van der Waals surface area (Å²) in [6.45, 7) is 1.79. The molecule has 0 saturated carbocycles. The maximum Gasteiger partial charge on any atom is 0.123 e. The van der Waals surface area contributed by atoms with Gasteiger partial charge < -0.3 is 14.8 Å². The smallest absolute Gasteiger partial charge is 0.123 e. The lowest BCUT2D eigenvalue weighted by Crippen LogP contribution is -2.36. The van der Waals surface area contributed by atoms with Crippen LogP contribution in [-0.4, -0.2) is 25.3 Å². The van der Waals surface area contributed by atoms with Crippen LogP contribution in [0.3, 0.4) is 0 Å². The number of allylic oxidation sites excluding steroid dienone is 1. The minimum absolute atomic E-state index is 0.265. The normalized spacial score (nSPS) is 25.3. The number of nitrogens with one attached hydrogen (secondary N) is 1. The Balaban J connectivity index is 1.42. The van der Waals surface area contributed by atoms with E-state index in [1.54, 1.807) is 0 Å². The Morgan fingerprint density at radius 3 is 2.89 bits per heavy atom. The van der Waals surface area contributed by atoms with E-state index in [0.29, 0.717) is 6.10 Å². The quantitative estimate of drug-likeness (QED) is 0.882. The van der Waals surface area contributed by atoms with Crippen LogP contribution in [0.2, 0.25) is 0 Å². The van der Waals surface area contributed by atoms with E-state index in [4.69, 9.17) is 9.47 Å². The highest BCUT2D eigenvalue weighted by molar-refractivity contribution is 5.37. The predicted octanol–water partition coefficient (Wildman–Crippen LogP) is 2.27. The molecule has 18 heavy (non-hydrogen) atoms. The number of rotatable bonds is 4. The molecule has 0 bridgehead atoms. The molecule has 2 heterocycles. The molecule has 0 aromatic heterocycles. The van der Waals surface area contributed by atoms with Gasteiger partial charge in [0.1, 0.15) is 18.0 Å². The first-order valence-corrected chi connectivity index (χ1v) is 6.67. The molecular weight excluding hydrogens is 226 g/mol. The van der Waals surface area contributed by atoms with Gasteiger partial charge in [-0.3, -0.25) is 0 Å². The average molecular weight is 245 g/mol. The Morgan fingerprint density at radius 1 is 1.17 bits per heavy atom. The highest BCUT2D eigenvalue weighted by atomic mass is 16.5. The SMILES string of the molecule is C1=COC(CNCC2Cc3ccccc3O2)CC1. The van der Waals surface area contributed by atoms with E-state index in [1.165, 1.54) is 5.56 Å². The van der Waals surface area contributed by atoms with Crippen molar-refractivity contribution in [1.29, 1.82) is 0 Å². The van der Waals surface area contributed by atoms with Crippen LogP contribution >= 0.6 is 0 Å². The Morgan fingerprint density at radius 2 is 2.06 bits per heavy atom. The van der Waals surface area contributed by atoms with Crippen molar-refractivity contribution in [3.63, 3.8) is 0 Å². The first-order chi connectivity index (χ1) is 8.92. The summed E-state index contributed by atoms with van der Waals surface area (Å²) < 4.78 is 11.4. The number of hydrogen-bond donors (Lipinski definition) is 1. The standard InChI is InChI=1S/C15H19NO2/c1-2-7-15-12(5-1)9-14(18-15)11-16-10-13-6-3-4-8-17-13/h1-2,4-5,7-8,13-14,16H,3,6,9-11H2. The lowest BCUT2D eigenvalue weighted by atomic mass is 10.1. The molecule has 2 unspecified atom stereocenters. The summed E-state index contributed by atoms with van der Waals surface area (Å²) in [5.41, 5.74) is 1.32. The van der Waals surface area contributed by atoms with Crippen LogP contribution in [0, 0.1) is 0 Å². The third-order valence-corrected chi connectivity index (χ3v) is 3.48. The zero-order chi connectivity index (χ0) is 12.2. The molecule has 2 aliphatic heterocycles. The molecule has 0 aliphatic carbocycles. The van der Waals surface area contributed by atoms with Crippen molar-refractivity contribution in [2.75, 3.05) is 13.1 Å². The Hall–Kier alpha value is -1.48. The number of hydrogen-bond acceptors (Lipinski definition) is 3. The average Bonchev–Trinajstić information content (AvgIpc) is 2.82. The third-order valence-electron chi connectivity index (χ3n) is 3.48. The van der Waals surface area contributed by atoms with Crippen molar-refractivity contribution in [2.24, 2.45) is 0 Å². The molecule has 3 rings (SSSR count). The fourth-order valence-electron chi connectivity index (χ4n) is 2.51. The van der Waals surface area contributed by atoms with Crippen molar-refractivity contribution in [2.45, 2.75) is 31.5 Å². The molecule has 0 fully saturated rings. The molecule has 3 heteroatoms. The summed E-state index contributed by atoms with van der Waals surface area (Å²) in [6.07, 6.45) is 7.72. The van der Waals surface area contributed by atoms with Gasteiger partial charge in [-0.15, -0.1) is 0 Å². The van der Waals surface area contributed by atoms with Crippen LogP contribution in [-0.2, 0) is 11.2 Å². The zero-order valence-corrected chi connectivity index (χ0v) is 10.5. The number of fused-ring (bicyclic) bond motifs is 1. The van der Waals surface area contributed by atoms with Gasteiger partial charge in [-0.2, -0.15) is 0 Å². The summed E-state index contributed by atoms with van der Waals surface area (Å²) in [4.78, 5) is 0. The van der Waals surface area contributed by atoms with Gasteiger partial charge in [0.25, 0.3) is 0 Å². The van der Waals surface area contributed by atoms with Crippen molar-refractivity contribution >= 4 is 0 Å². The van der Waals surface area contributed by atoms with Crippen LogP contribution < -0.4 is 10.1 Å². The van der Waals surface area contributed by atoms with Gasteiger partial charge in [0.05, 0.1) is 6.26 Å². The number of para-hydroxylation sites is 1. The largest absolute Gasteiger partial charge is 0.497 e. The van der Waals surface area contributed by atoms with Gasteiger partial charge in [-0.1, -0.05) is 18.2 Å². The molecule has 3 nitrogen and oxygen atoms in total. The predicted molar refractivity (Wildman–Crippen MR) is 70.7 cm³/mol. The lowest BCUT2D eigenvalue weighted by Gasteiger charge is -2.20. The first kappa shape index (κ1) is 11.6. The fraction of sp³-hybridized carbons (Fsp3) is 0.467. The summed E-state index contributed by atoms with van der Waals surface area (Å²) in [7, 11) is 0. The number of ether oxygens (including phenoxy) is 2. The van der Waals surface area contributed by atoms with Crippen molar-refractivity contribution in [3.05, 3.63) is 42.2 Å². The highest BCUT2D eigenvalue weighted by Gasteiger charge is 2.22. The Bertz CT molecular complexity index is 405. The molecule has 2 atom stereocenters. The monoisotopic (exact) mass is 245 g/mol. The topological polar surface area (TPSA) is 30.5 Å². The zero-order valence-electron chi connectivity index (χ0n) is 10.5. The summed E-state index contributed by atoms with van der Waals surface area (Å²) >= 11 is 0. The second-order valence-corrected chi connectivity index (χ2v) is 4.92. The second-order valence-electron chi connectivity index (χ2n) is 4.92. The van der Waals surface area contributed by atoms with E-state index in [0.717, 1.165) is 38.1 Å². The molecule has 0 spiro atoms. The van der Waals surface area contributed by atoms with Crippen molar-refractivity contribution in [3.8, 4) is 5.75 Å². The molecular formula is C15H19NO2. The molecule has 1 aromatic carbocycles. The van der Waals surface area contributed by atoms with Crippen LogP contribution in [0.4, 0.5) is 0 Å². The van der Waals surface area contributed by atoms with Gasteiger partial charge in [0.2, 0.25) is 0 Å². The van der Waals surface area contributed by atoms with Crippen LogP contribution in [0.15, 0.2) is 36.6 Å². The van der Waals surface area contributed by atoms with E-state index in [9.17, 15) is 0 Å². The summed E-state index contributed by atoms with van der Waals surface area (Å²) in [5.74, 6) is 1.04. The van der Waals surface area contributed by atoms with E-state index >= 15 is 0 Å². The molecule has 0 amide bonds. The van der Waals surface area contributed by atoms with Crippen LogP contribution in [0.1, 0.15) is 18.4 Å². The van der Waals surface area contributed by atoms with Gasteiger partial charge in [-0.05, 0) is 30.5 Å². The maximum atomic E-state index is 5.88.